The third-order valence-corrected chi connectivity index (χ3v) is 3.96. The minimum atomic E-state index is -3.61. The van der Waals surface area contributed by atoms with Crippen LogP contribution in [-0.4, -0.2) is 45.2 Å². The average Bonchev–Trinajstić information content (AvgIpc) is 2.38. The third-order valence-electron chi connectivity index (χ3n) is 2.48. The summed E-state index contributed by atoms with van der Waals surface area (Å²) in [6.45, 7) is 2.64. The van der Waals surface area contributed by atoms with Gasteiger partial charge in [-0.2, -0.15) is 0 Å². The van der Waals surface area contributed by atoms with Gasteiger partial charge in [0.1, 0.15) is 0 Å². The summed E-state index contributed by atoms with van der Waals surface area (Å²) in [7, 11) is -3.61. The van der Waals surface area contributed by atoms with Gasteiger partial charge in [0.15, 0.2) is 0 Å². The second kappa shape index (κ2) is 7.34. The van der Waals surface area contributed by atoms with Gasteiger partial charge in [-0.05, 0) is 31.2 Å². The van der Waals surface area contributed by atoms with Gasteiger partial charge >= 0.3 is 0 Å². The number of amides is 1. The first-order valence-electron chi connectivity index (χ1n) is 6.11. The largest absolute Gasteiger partial charge is 0.392 e. The highest BCUT2D eigenvalue weighted by Crippen LogP contribution is 2.09. The molecule has 20 heavy (non-hydrogen) atoms. The standard InChI is InChI=1S/C12H19N3O4S/c1-9(16)8-14-6-7-15-20(18,19)11-4-2-10(3-5-11)12(13)17/h2-5,9,14-16H,6-8H2,1H3,(H2,13,17). The van der Waals surface area contributed by atoms with Gasteiger partial charge in [0.2, 0.25) is 15.9 Å². The molecule has 1 amide bonds. The number of primary amides is 1. The summed E-state index contributed by atoms with van der Waals surface area (Å²) in [6.07, 6.45) is -0.479. The highest BCUT2D eigenvalue weighted by molar-refractivity contribution is 7.89. The van der Waals surface area contributed by atoms with E-state index >= 15 is 0 Å². The highest BCUT2D eigenvalue weighted by Gasteiger charge is 2.13. The van der Waals surface area contributed by atoms with Crippen LogP contribution in [0.2, 0.25) is 0 Å². The molecule has 7 nitrogen and oxygen atoms in total. The van der Waals surface area contributed by atoms with Crippen molar-refractivity contribution in [3.05, 3.63) is 29.8 Å². The van der Waals surface area contributed by atoms with E-state index in [9.17, 15) is 13.2 Å². The number of hydrogen-bond acceptors (Lipinski definition) is 5. The number of aliphatic hydroxyl groups is 1. The minimum absolute atomic E-state index is 0.0676. The van der Waals surface area contributed by atoms with Crippen LogP contribution in [0.15, 0.2) is 29.2 Å². The summed E-state index contributed by atoms with van der Waals surface area (Å²) in [6, 6.07) is 5.38. The van der Waals surface area contributed by atoms with Crippen molar-refractivity contribution in [1.82, 2.24) is 10.0 Å². The van der Waals surface area contributed by atoms with Crippen molar-refractivity contribution in [2.24, 2.45) is 5.73 Å². The van der Waals surface area contributed by atoms with Crippen LogP contribution in [0.4, 0.5) is 0 Å². The Morgan fingerprint density at radius 1 is 1.30 bits per heavy atom. The van der Waals surface area contributed by atoms with Gasteiger partial charge < -0.3 is 16.2 Å². The van der Waals surface area contributed by atoms with E-state index in [-0.39, 0.29) is 17.0 Å². The van der Waals surface area contributed by atoms with Crippen LogP contribution < -0.4 is 15.8 Å². The first-order chi connectivity index (χ1) is 9.33. The van der Waals surface area contributed by atoms with Gasteiger partial charge in [-0.3, -0.25) is 4.79 Å². The molecule has 0 radical (unpaired) electrons. The van der Waals surface area contributed by atoms with Gasteiger partial charge in [0.05, 0.1) is 11.0 Å². The number of nitrogens with two attached hydrogens (primary N) is 1. The Morgan fingerprint density at radius 3 is 2.40 bits per heavy atom. The quantitative estimate of drug-likeness (QED) is 0.460. The van der Waals surface area contributed by atoms with Crippen molar-refractivity contribution in [3.8, 4) is 0 Å². The van der Waals surface area contributed by atoms with Crippen LogP contribution in [0, 0.1) is 0 Å². The molecule has 0 fully saturated rings. The molecule has 8 heteroatoms. The number of sulfonamides is 1. The Morgan fingerprint density at radius 2 is 1.90 bits per heavy atom. The summed E-state index contributed by atoms with van der Waals surface area (Å²) < 4.78 is 26.2. The van der Waals surface area contributed by atoms with Crippen molar-refractivity contribution in [1.29, 1.82) is 0 Å². The number of nitrogens with one attached hydrogen (secondary N) is 2. The first kappa shape index (κ1) is 16.6. The molecule has 1 aromatic carbocycles. The van der Waals surface area contributed by atoms with Crippen LogP contribution in [0.1, 0.15) is 17.3 Å². The van der Waals surface area contributed by atoms with E-state index in [0.717, 1.165) is 0 Å². The Hall–Kier alpha value is -1.48. The molecule has 1 rings (SSSR count). The molecule has 0 saturated carbocycles. The molecule has 0 aliphatic carbocycles. The van der Waals surface area contributed by atoms with E-state index in [4.69, 9.17) is 10.8 Å². The van der Waals surface area contributed by atoms with Crippen LogP contribution in [0.3, 0.4) is 0 Å². The number of aliphatic hydroxyl groups excluding tert-OH is 1. The number of carbonyl (C=O) groups excluding carboxylic acids is 1. The maximum Gasteiger partial charge on any atom is 0.248 e. The van der Waals surface area contributed by atoms with Gasteiger partial charge in [0.25, 0.3) is 0 Å². The SMILES string of the molecule is CC(O)CNCCNS(=O)(=O)c1ccc(C(N)=O)cc1. The summed E-state index contributed by atoms with van der Waals surface area (Å²) in [5.74, 6) is -0.607. The highest BCUT2D eigenvalue weighted by atomic mass is 32.2. The van der Waals surface area contributed by atoms with Crippen LogP contribution >= 0.6 is 0 Å². The lowest BCUT2D eigenvalue weighted by molar-refractivity contribution is 0.1000. The fraction of sp³-hybridized carbons (Fsp3) is 0.417. The first-order valence-corrected chi connectivity index (χ1v) is 7.59. The topological polar surface area (TPSA) is 122 Å². The summed E-state index contributed by atoms with van der Waals surface area (Å²) in [5.41, 5.74) is 5.33. The zero-order chi connectivity index (χ0) is 15.2. The monoisotopic (exact) mass is 301 g/mol. The number of rotatable bonds is 8. The molecule has 0 aliphatic rings. The molecule has 0 aliphatic heterocycles. The van der Waals surface area contributed by atoms with E-state index < -0.39 is 22.0 Å². The van der Waals surface area contributed by atoms with E-state index in [1.165, 1.54) is 24.3 Å². The molecule has 5 N–H and O–H groups in total. The molecule has 1 atom stereocenters. The second-order valence-electron chi connectivity index (χ2n) is 4.34. The van der Waals surface area contributed by atoms with Crippen LogP contribution in [0.5, 0.6) is 0 Å². The molecule has 0 heterocycles. The van der Waals surface area contributed by atoms with E-state index in [0.29, 0.717) is 13.1 Å². The van der Waals surface area contributed by atoms with E-state index in [2.05, 4.69) is 10.0 Å². The van der Waals surface area contributed by atoms with Gasteiger partial charge in [-0.1, -0.05) is 0 Å². The lowest BCUT2D eigenvalue weighted by Gasteiger charge is -2.09. The maximum absolute atomic E-state index is 11.9. The minimum Gasteiger partial charge on any atom is -0.392 e. The second-order valence-corrected chi connectivity index (χ2v) is 6.11. The molecule has 0 aromatic heterocycles. The summed E-state index contributed by atoms with van der Waals surface area (Å²) in [5, 5.41) is 11.9. The fourth-order valence-corrected chi connectivity index (χ4v) is 2.50. The van der Waals surface area contributed by atoms with Gasteiger partial charge in [0, 0.05) is 25.2 Å². The van der Waals surface area contributed by atoms with Gasteiger partial charge in [-0.15, -0.1) is 0 Å². The Kier molecular flexibility index (Phi) is 6.08. The average molecular weight is 301 g/mol. The Balaban J connectivity index is 2.54. The number of benzene rings is 1. The lowest BCUT2D eigenvalue weighted by atomic mass is 10.2. The molecule has 1 aromatic rings. The van der Waals surface area contributed by atoms with E-state index in [1.807, 2.05) is 0 Å². The molecule has 1 unspecified atom stereocenters. The van der Waals surface area contributed by atoms with Crippen molar-refractivity contribution in [2.45, 2.75) is 17.9 Å². The number of carbonyl (C=O) groups is 1. The lowest BCUT2D eigenvalue weighted by Crippen LogP contribution is -2.34. The predicted molar refractivity (Wildman–Crippen MR) is 74.7 cm³/mol. The number of hydrogen-bond donors (Lipinski definition) is 4. The van der Waals surface area contributed by atoms with Crippen molar-refractivity contribution in [2.75, 3.05) is 19.6 Å². The maximum atomic E-state index is 11.9. The van der Waals surface area contributed by atoms with E-state index in [1.54, 1.807) is 6.92 Å². The Bertz CT molecular complexity index is 540. The van der Waals surface area contributed by atoms with Crippen molar-refractivity contribution in [3.63, 3.8) is 0 Å². The van der Waals surface area contributed by atoms with Crippen LogP contribution in [0.25, 0.3) is 0 Å². The van der Waals surface area contributed by atoms with Crippen molar-refractivity contribution >= 4 is 15.9 Å². The van der Waals surface area contributed by atoms with Crippen molar-refractivity contribution < 1.29 is 18.3 Å². The molecule has 0 saturated heterocycles. The molecule has 112 valence electrons. The summed E-state index contributed by atoms with van der Waals surface area (Å²) >= 11 is 0. The molecular weight excluding hydrogens is 282 g/mol. The third kappa shape index (κ3) is 5.25. The Labute approximate surface area is 118 Å². The molecule has 0 bridgehead atoms. The zero-order valence-corrected chi connectivity index (χ0v) is 12.0. The molecular formula is C12H19N3O4S. The zero-order valence-electron chi connectivity index (χ0n) is 11.2. The summed E-state index contributed by atoms with van der Waals surface area (Å²) in [4.78, 5) is 11.0. The predicted octanol–water partition coefficient (Wildman–Crippen LogP) is -0.966. The van der Waals surface area contributed by atoms with Crippen LogP contribution in [-0.2, 0) is 10.0 Å². The normalized spacial score (nSPS) is 13.1. The fourth-order valence-electron chi connectivity index (χ4n) is 1.47. The smallest absolute Gasteiger partial charge is 0.248 e. The van der Waals surface area contributed by atoms with Gasteiger partial charge in [-0.25, -0.2) is 13.1 Å². The molecule has 0 spiro atoms.